The van der Waals surface area contributed by atoms with E-state index in [0.717, 1.165) is 46.6 Å². The van der Waals surface area contributed by atoms with Crippen molar-refractivity contribution in [1.82, 2.24) is 9.55 Å². The van der Waals surface area contributed by atoms with Gasteiger partial charge >= 0.3 is 0 Å². The van der Waals surface area contributed by atoms with Crippen LogP contribution in [0, 0.1) is 0 Å². The van der Waals surface area contributed by atoms with Gasteiger partial charge in [0.2, 0.25) is 0 Å². The third kappa shape index (κ3) is 3.81. The van der Waals surface area contributed by atoms with Crippen molar-refractivity contribution in [2.75, 3.05) is 5.73 Å². The van der Waals surface area contributed by atoms with E-state index in [4.69, 9.17) is 10.7 Å². The second-order valence-corrected chi connectivity index (χ2v) is 13.9. The van der Waals surface area contributed by atoms with Gasteiger partial charge in [0.1, 0.15) is 5.82 Å². The van der Waals surface area contributed by atoms with Crippen LogP contribution in [0.4, 0.5) is 5.69 Å². The molecule has 3 nitrogen and oxygen atoms in total. The Kier molecular flexibility index (Phi) is 6.00. The molecule has 7 aromatic rings. The van der Waals surface area contributed by atoms with Crippen molar-refractivity contribution in [3.63, 3.8) is 0 Å². The molecule has 2 N–H and O–H groups in total. The van der Waals surface area contributed by atoms with Crippen LogP contribution in [0.1, 0.15) is 35.1 Å². The molecule has 4 heteroatoms. The molecule has 48 heavy (non-hydrogen) atoms. The fraction of sp³-hybridized carbons (Fsp3) is 0.0682. The van der Waals surface area contributed by atoms with Gasteiger partial charge in [-0.15, -0.1) is 0 Å². The van der Waals surface area contributed by atoms with Gasteiger partial charge in [-0.1, -0.05) is 121 Å². The van der Waals surface area contributed by atoms with Crippen molar-refractivity contribution in [1.29, 1.82) is 0 Å². The molecule has 2 aliphatic carbocycles. The van der Waals surface area contributed by atoms with Crippen LogP contribution in [0.5, 0.6) is 0 Å². The Morgan fingerprint density at radius 1 is 0.625 bits per heavy atom. The Morgan fingerprint density at radius 2 is 1.38 bits per heavy atom. The lowest BCUT2D eigenvalue weighted by atomic mass is 9.66. The van der Waals surface area contributed by atoms with E-state index in [1.807, 2.05) is 23.9 Å². The summed E-state index contributed by atoms with van der Waals surface area (Å²) in [4.78, 5) is 7.77. The Hall–Kier alpha value is -5.58. The highest BCUT2D eigenvalue weighted by molar-refractivity contribution is 7.99. The maximum absolute atomic E-state index is 6.14. The van der Waals surface area contributed by atoms with Gasteiger partial charge in [-0.2, -0.15) is 0 Å². The van der Waals surface area contributed by atoms with Crippen LogP contribution in [0.2, 0.25) is 0 Å². The van der Waals surface area contributed by atoms with E-state index in [1.165, 1.54) is 54.3 Å². The predicted octanol–water partition coefficient (Wildman–Crippen LogP) is 10.9. The van der Waals surface area contributed by atoms with Crippen LogP contribution in [0.15, 0.2) is 167 Å². The summed E-state index contributed by atoms with van der Waals surface area (Å²) in [6.45, 7) is 0. The molecule has 1 aliphatic heterocycles. The number of aromatic nitrogens is 2. The molecule has 1 atom stereocenters. The minimum absolute atomic E-state index is 0.456. The molecule has 228 valence electrons. The number of benzene rings is 6. The predicted molar refractivity (Wildman–Crippen MR) is 199 cm³/mol. The van der Waals surface area contributed by atoms with E-state index >= 15 is 0 Å². The van der Waals surface area contributed by atoms with Crippen molar-refractivity contribution in [2.24, 2.45) is 0 Å². The zero-order valence-corrected chi connectivity index (χ0v) is 27.0. The smallest absolute Gasteiger partial charge is 0.145 e. The molecule has 1 spiro atoms. The van der Waals surface area contributed by atoms with Crippen molar-refractivity contribution in [3.05, 3.63) is 180 Å². The minimum atomic E-state index is -0.456. The second-order valence-electron chi connectivity index (χ2n) is 12.8. The number of hydrogen-bond donors (Lipinski definition) is 1. The number of anilines is 1. The lowest BCUT2D eigenvalue weighted by Crippen LogP contribution is -2.32. The molecule has 1 aromatic heterocycles. The SMILES string of the molecule is Nc1ccc(-c2cccc3c2Sc2ccc(-n4c(-c5ccccc5)nc5ccccc54)cc2C32C3=CCCC=C3c3ccccc32)cc1. The van der Waals surface area contributed by atoms with E-state index in [2.05, 4.69) is 144 Å². The van der Waals surface area contributed by atoms with Crippen molar-refractivity contribution in [3.8, 4) is 28.2 Å². The first-order valence-corrected chi connectivity index (χ1v) is 17.4. The Labute approximate surface area is 284 Å². The molecule has 0 bridgehead atoms. The minimum Gasteiger partial charge on any atom is -0.399 e. The zero-order chi connectivity index (χ0) is 31.8. The highest BCUT2D eigenvalue weighted by Gasteiger charge is 2.52. The quantitative estimate of drug-likeness (QED) is 0.197. The van der Waals surface area contributed by atoms with Crippen LogP contribution >= 0.6 is 11.8 Å². The number of hydrogen-bond acceptors (Lipinski definition) is 3. The normalized spacial score (nSPS) is 17.3. The highest BCUT2D eigenvalue weighted by Crippen LogP contribution is 2.65. The van der Waals surface area contributed by atoms with Gasteiger partial charge in [0.25, 0.3) is 0 Å². The van der Waals surface area contributed by atoms with E-state index in [0.29, 0.717) is 0 Å². The van der Waals surface area contributed by atoms with Gasteiger partial charge in [-0.3, -0.25) is 4.57 Å². The average molecular weight is 634 g/mol. The molecule has 0 amide bonds. The number of imidazole rings is 1. The van der Waals surface area contributed by atoms with Gasteiger partial charge < -0.3 is 5.73 Å². The first-order valence-electron chi connectivity index (χ1n) is 16.6. The molecule has 0 saturated heterocycles. The van der Waals surface area contributed by atoms with Gasteiger partial charge in [-0.05, 0) is 99.8 Å². The van der Waals surface area contributed by atoms with Crippen molar-refractivity contribution in [2.45, 2.75) is 28.0 Å². The summed E-state index contributed by atoms with van der Waals surface area (Å²) in [6, 6.07) is 50.4. The number of fused-ring (bicyclic) bond motifs is 10. The molecule has 2 heterocycles. The maximum atomic E-state index is 6.14. The van der Waals surface area contributed by atoms with Gasteiger partial charge in [-0.25, -0.2) is 4.98 Å². The van der Waals surface area contributed by atoms with E-state index in [9.17, 15) is 0 Å². The summed E-state index contributed by atoms with van der Waals surface area (Å²) in [5.74, 6) is 0.949. The van der Waals surface area contributed by atoms with Crippen LogP contribution in [-0.4, -0.2) is 9.55 Å². The van der Waals surface area contributed by atoms with Gasteiger partial charge in [0, 0.05) is 26.7 Å². The topological polar surface area (TPSA) is 43.8 Å². The Bertz CT molecular complexity index is 2490. The number of nitrogen functional groups attached to an aromatic ring is 1. The monoisotopic (exact) mass is 633 g/mol. The molecule has 3 aliphatic rings. The summed E-state index contributed by atoms with van der Waals surface area (Å²) < 4.78 is 2.34. The summed E-state index contributed by atoms with van der Waals surface area (Å²) in [6.07, 6.45) is 7.08. The van der Waals surface area contributed by atoms with Crippen LogP contribution in [0.3, 0.4) is 0 Å². The highest BCUT2D eigenvalue weighted by atomic mass is 32.2. The third-order valence-electron chi connectivity index (χ3n) is 10.2. The molecule has 0 radical (unpaired) electrons. The summed E-state index contributed by atoms with van der Waals surface area (Å²) in [5, 5.41) is 0. The zero-order valence-electron chi connectivity index (χ0n) is 26.2. The third-order valence-corrected chi connectivity index (χ3v) is 11.5. The molecule has 6 aromatic carbocycles. The Balaban J connectivity index is 1.30. The van der Waals surface area contributed by atoms with Crippen molar-refractivity contribution >= 4 is 34.1 Å². The summed E-state index contributed by atoms with van der Waals surface area (Å²) >= 11 is 1.89. The molecule has 10 rings (SSSR count). The second kappa shape index (κ2) is 10.5. The first-order chi connectivity index (χ1) is 23.7. The van der Waals surface area contributed by atoms with E-state index < -0.39 is 5.41 Å². The fourth-order valence-corrected chi connectivity index (χ4v) is 9.56. The number of rotatable bonds is 3. The summed E-state index contributed by atoms with van der Waals surface area (Å²) in [5.41, 5.74) is 21.3. The molecule has 0 saturated carbocycles. The van der Waals surface area contributed by atoms with Crippen molar-refractivity contribution < 1.29 is 0 Å². The average Bonchev–Trinajstić information content (AvgIpc) is 3.67. The fourth-order valence-electron chi connectivity index (χ4n) is 8.25. The number of nitrogens with two attached hydrogens (primary N) is 1. The van der Waals surface area contributed by atoms with Crippen LogP contribution in [0.25, 0.3) is 44.8 Å². The van der Waals surface area contributed by atoms with Gasteiger partial charge in [0.15, 0.2) is 0 Å². The van der Waals surface area contributed by atoms with Crippen LogP contribution in [-0.2, 0) is 5.41 Å². The molecule has 1 unspecified atom stereocenters. The first kappa shape index (κ1) is 27.5. The molecule has 0 fully saturated rings. The van der Waals surface area contributed by atoms with E-state index in [-0.39, 0.29) is 0 Å². The maximum Gasteiger partial charge on any atom is 0.145 e. The lowest BCUT2D eigenvalue weighted by molar-refractivity contribution is 0.715. The Morgan fingerprint density at radius 3 is 2.27 bits per heavy atom. The van der Waals surface area contributed by atoms with Crippen LogP contribution < -0.4 is 5.73 Å². The lowest BCUT2D eigenvalue weighted by Gasteiger charge is -2.41. The largest absolute Gasteiger partial charge is 0.399 e. The number of para-hydroxylation sites is 2. The standard InChI is InChI=1S/C44H31N3S/c45-30-23-21-28(22-24-30)32-15-10-18-37-42(32)48-41-26-25-31(47-40-20-9-8-19-39(40)46-43(47)29-11-2-1-3-12-29)27-38(41)44(37)35-16-6-4-13-33(35)34-14-5-7-17-36(34)44/h1-4,6,8-27H,5,7,45H2. The molecular weight excluding hydrogens is 603 g/mol. The van der Waals surface area contributed by atoms with E-state index in [1.54, 1.807) is 0 Å². The van der Waals surface area contributed by atoms with Gasteiger partial charge in [0.05, 0.1) is 16.4 Å². The molecular formula is C44H31N3S. The number of allylic oxidation sites excluding steroid dienone is 4. The summed E-state index contributed by atoms with van der Waals surface area (Å²) in [7, 11) is 0. The number of nitrogens with zero attached hydrogens (tertiary/aromatic N) is 2.